The Morgan fingerprint density at radius 2 is 2.04 bits per heavy atom. The van der Waals surface area contributed by atoms with Gasteiger partial charge in [0.15, 0.2) is 10.9 Å². The fraction of sp³-hybridized carbons (Fsp3) is 0.0526. The van der Waals surface area contributed by atoms with Crippen LogP contribution >= 0.6 is 34.9 Å². The maximum atomic E-state index is 14.2. The molecule has 0 atom stereocenters. The molecule has 5 nitrogen and oxygen atoms in total. The normalized spacial score (nSPS) is 11.0. The molecule has 28 heavy (non-hydrogen) atoms. The topological polar surface area (TPSA) is 59.0 Å². The lowest BCUT2D eigenvalue weighted by molar-refractivity contribution is 0.102. The highest BCUT2D eigenvalue weighted by Gasteiger charge is 2.17. The maximum Gasteiger partial charge on any atom is 0.272 e. The number of halogens is 2. The van der Waals surface area contributed by atoms with Crippen molar-refractivity contribution in [2.24, 2.45) is 7.05 Å². The minimum absolute atomic E-state index is 0.0319. The highest BCUT2D eigenvalue weighted by atomic mass is 35.5. The van der Waals surface area contributed by atoms with Gasteiger partial charge in [-0.25, -0.2) is 9.37 Å². The second-order valence-electron chi connectivity index (χ2n) is 5.90. The minimum atomic E-state index is -0.525. The zero-order valence-corrected chi connectivity index (χ0v) is 17.0. The minimum Gasteiger partial charge on any atom is -0.340 e. The summed E-state index contributed by atoms with van der Waals surface area (Å²) >= 11 is 8.79. The number of carbonyl (C=O) groups is 1. The first-order valence-electron chi connectivity index (χ1n) is 8.20. The summed E-state index contributed by atoms with van der Waals surface area (Å²) in [6.07, 6.45) is 1.74. The molecule has 0 saturated heterocycles. The molecule has 0 saturated carbocycles. The van der Waals surface area contributed by atoms with Crippen molar-refractivity contribution in [3.05, 3.63) is 70.6 Å². The largest absolute Gasteiger partial charge is 0.340 e. The van der Waals surface area contributed by atoms with Crippen LogP contribution in [0, 0.1) is 5.82 Å². The van der Waals surface area contributed by atoms with Crippen molar-refractivity contribution in [1.29, 1.82) is 0 Å². The number of benzene rings is 2. The monoisotopic (exact) mass is 432 g/mol. The molecule has 0 aliphatic rings. The summed E-state index contributed by atoms with van der Waals surface area (Å²) in [6.45, 7) is 0. The Morgan fingerprint density at radius 3 is 2.75 bits per heavy atom. The second-order valence-corrected chi connectivity index (χ2v) is 8.08. The molecule has 2 heterocycles. The van der Waals surface area contributed by atoms with E-state index in [1.165, 1.54) is 35.4 Å². The molecule has 142 valence electrons. The zero-order valence-electron chi connectivity index (χ0n) is 14.6. The van der Waals surface area contributed by atoms with Crippen LogP contribution in [0.2, 0.25) is 5.02 Å². The molecule has 1 amide bonds. The molecule has 2 aromatic heterocycles. The Morgan fingerprint density at radius 1 is 1.25 bits per heavy atom. The number of hydrogen-bond acceptors (Lipinski definition) is 5. The lowest BCUT2D eigenvalue weighted by Gasteiger charge is -2.08. The van der Waals surface area contributed by atoms with Gasteiger partial charge < -0.3 is 14.6 Å². The van der Waals surface area contributed by atoms with Crippen molar-refractivity contribution < 1.29 is 9.18 Å². The van der Waals surface area contributed by atoms with Crippen molar-refractivity contribution in [2.75, 3.05) is 10.0 Å². The van der Waals surface area contributed by atoms with Crippen molar-refractivity contribution in [2.45, 2.75) is 4.90 Å². The van der Waals surface area contributed by atoms with E-state index in [1.54, 1.807) is 23.9 Å². The summed E-state index contributed by atoms with van der Waals surface area (Å²) in [5, 5.41) is 5.91. The van der Waals surface area contributed by atoms with E-state index in [2.05, 4.69) is 15.0 Å². The van der Waals surface area contributed by atoms with E-state index < -0.39 is 5.82 Å². The number of rotatable bonds is 5. The first-order chi connectivity index (χ1) is 13.5. The summed E-state index contributed by atoms with van der Waals surface area (Å²) in [7, 11) is 1.72. The van der Waals surface area contributed by atoms with Gasteiger partial charge in [0.1, 0.15) is 5.69 Å². The number of anilines is 2. The third-order valence-electron chi connectivity index (χ3n) is 4.15. The number of fused-ring (bicyclic) bond motifs is 1. The van der Waals surface area contributed by atoms with Gasteiger partial charge in [-0.1, -0.05) is 11.6 Å². The van der Waals surface area contributed by atoms with Crippen LogP contribution in [0.4, 0.5) is 15.2 Å². The number of amides is 1. The Balaban J connectivity index is 1.48. The first kappa shape index (κ1) is 18.8. The number of hydrogen-bond donors (Lipinski definition) is 2. The average molecular weight is 433 g/mol. The molecule has 0 aliphatic carbocycles. The number of nitrogens with zero attached hydrogens (tertiary/aromatic N) is 2. The van der Waals surface area contributed by atoms with Crippen molar-refractivity contribution >= 4 is 62.5 Å². The average Bonchev–Trinajstić information content (AvgIpc) is 3.32. The molecule has 0 spiro atoms. The van der Waals surface area contributed by atoms with E-state index in [1.807, 2.05) is 29.6 Å². The number of aromatic nitrogens is 2. The van der Waals surface area contributed by atoms with Crippen LogP contribution in [0.3, 0.4) is 0 Å². The summed E-state index contributed by atoms with van der Waals surface area (Å²) in [6, 6.07) is 12.1. The standard InChI is InChI=1S/C19H14ClFN4OS2/c1-25-15-7-6-14(20)17(21)13(15)10-16(25)18(26)23-11-2-4-12(5-3-11)28-24-19-22-8-9-27-19/h2-10H,1H3,(H,22,24)(H,23,26). The van der Waals surface area contributed by atoms with E-state index in [4.69, 9.17) is 11.6 Å². The molecule has 0 fully saturated rings. The number of aryl methyl sites for hydroxylation is 1. The molecule has 2 aromatic carbocycles. The van der Waals surface area contributed by atoms with Gasteiger partial charge in [-0.3, -0.25) is 4.79 Å². The van der Waals surface area contributed by atoms with E-state index in [0.29, 0.717) is 22.3 Å². The van der Waals surface area contributed by atoms with E-state index in [-0.39, 0.29) is 10.9 Å². The smallest absolute Gasteiger partial charge is 0.272 e. The Hall–Kier alpha value is -2.55. The molecule has 4 aromatic rings. The molecule has 0 aliphatic heterocycles. The lowest BCUT2D eigenvalue weighted by Crippen LogP contribution is -2.15. The highest BCUT2D eigenvalue weighted by molar-refractivity contribution is 8.00. The van der Waals surface area contributed by atoms with Crippen molar-refractivity contribution in [3.8, 4) is 0 Å². The molecule has 0 radical (unpaired) electrons. The van der Waals surface area contributed by atoms with Gasteiger partial charge in [0, 0.05) is 34.6 Å². The van der Waals surface area contributed by atoms with Crippen LogP contribution in [-0.2, 0) is 7.05 Å². The maximum absolute atomic E-state index is 14.2. The summed E-state index contributed by atoms with van der Waals surface area (Å²) < 4.78 is 19.0. The van der Waals surface area contributed by atoms with E-state index >= 15 is 0 Å². The van der Waals surface area contributed by atoms with Gasteiger partial charge in [-0.15, -0.1) is 11.3 Å². The Bertz CT molecular complexity index is 1140. The Labute approximate surface area is 173 Å². The van der Waals surface area contributed by atoms with Crippen LogP contribution in [0.1, 0.15) is 10.5 Å². The lowest BCUT2D eigenvalue weighted by atomic mass is 10.2. The molecule has 2 N–H and O–H groups in total. The summed E-state index contributed by atoms with van der Waals surface area (Å²) in [5.74, 6) is -0.849. The molecule has 4 rings (SSSR count). The quantitative estimate of drug-likeness (QED) is 0.391. The molecule has 0 bridgehead atoms. The fourth-order valence-corrected chi connectivity index (χ4v) is 4.13. The van der Waals surface area contributed by atoms with Gasteiger partial charge in [0.05, 0.1) is 10.5 Å². The molecular weight excluding hydrogens is 419 g/mol. The number of nitrogens with one attached hydrogen (secondary N) is 2. The van der Waals surface area contributed by atoms with E-state index in [9.17, 15) is 9.18 Å². The first-order valence-corrected chi connectivity index (χ1v) is 10.3. The van der Waals surface area contributed by atoms with Gasteiger partial charge >= 0.3 is 0 Å². The zero-order chi connectivity index (χ0) is 19.7. The summed E-state index contributed by atoms with van der Waals surface area (Å²) in [4.78, 5) is 17.8. The molecular formula is C19H14ClFN4OS2. The SMILES string of the molecule is Cn1c(C(=O)Nc2ccc(SNc3nccs3)cc2)cc2c(F)c(Cl)ccc21. The number of carbonyl (C=O) groups excluding carboxylic acids is 1. The van der Waals surface area contributed by atoms with Gasteiger partial charge in [-0.05, 0) is 54.4 Å². The third-order valence-corrected chi connectivity index (χ3v) is 6.06. The third kappa shape index (κ3) is 3.71. The highest BCUT2D eigenvalue weighted by Crippen LogP contribution is 2.28. The van der Waals surface area contributed by atoms with Gasteiger partial charge in [-0.2, -0.15) is 0 Å². The molecule has 9 heteroatoms. The van der Waals surface area contributed by atoms with Crippen LogP contribution in [0.5, 0.6) is 0 Å². The predicted octanol–water partition coefficient (Wildman–Crippen LogP) is 5.80. The van der Waals surface area contributed by atoms with Crippen LogP contribution in [-0.4, -0.2) is 15.5 Å². The molecule has 0 unspecified atom stereocenters. The van der Waals surface area contributed by atoms with Crippen LogP contribution < -0.4 is 10.0 Å². The van der Waals surface area contributed by atoms with Crippen molar-refractivity contribution in [1.82, 2.24) is 9.55 Å². The van der Waals surface area contributed by atoms with Crippen LogP contribution in [0.25, 0.3) is 10.9 Å². The second kappa shape index (κ2) is 7.83. The number of thiazole rings is 1. The van der Waals surface area contributed by atoms with Crippen molar-refractivity contribution in [3.63, 3.8) is 0 Å². The summed E-state index contributed by atoms with van der Waals surface area (Å²) in [5.41, 5.74) is 1.60. The van der Waals surface area contributed by atoms with Gasteiger partial charge in [0.2, 0.25) is 0 Å². The fourth-order valence-electron chi connectivity index (χ4n) is 2.74. The Kier molecular flexibility index (Phi) is 5.25. The van der Waals surface area contributed by atoms with Crippen LogP contribution in [0.15, 0.2) is 58.9 Å². The predicted molar refractivity (Wildman–Crippen MR) is 114 cm³/mol. The van der Waals surface area contributed by atoms with E-state index in [0.717, 1.165) is 10.0 Å². The van der Waals surface area contributed by atoms with Gasteiger partial charge in [0.25, 0.3) is 5.91 Å².